The summed E-state index contributed by atoms with van der Waals surface area (Å²) in [4.78, 5) is 25.3. The third kappa shape index (κ3) is 4.14. The second-order valence-corrected chi connectivity index (χ2v) is 7.22. The van der Waals surface area contributed by atoms with E-state index >= 15 is 0 Å². The summed E-state index contributed by atoms with van der Waals surface area (Å²) in [6.07, 6.45) is 2.38. The van der Waals surface area contributed by atoms with E-state index in [1.807, 2.05) is 6.92 Å². The van der Waals surface area contributed by atoms with Gasteiger partial charge in [0.2, 0.25) is 0 Å². The average molecular weight is 438 g/mol. The molecule has 8 nitrogen and oxygen atoms in total. The summed E-state index contributed by atoms with van der Waals surface area (Å²) in [5, 5.41) is 4.44. The maximum absolute atomic E-state index is 13.3. The predicted molar refractivity (Wildman–Crippen MR) is 115 cm³/mol. The smallest absolute Gasteiger partial charge is 0.290 e. The molecule has 0 radical (unpaired) electrons. The Morgan fingerprint density at radius 1 is 1.06 bits per heavy atom. The van der Waals surface area contributed by atoms with Crippen molar-refractivity contribution >= 4 is 11.8 Å². The van der Waals surface area contributed by atoms with Gasteiger partial charge in [0, 0.05) is 16.8 Å². The number of ether oxygens (including phenoxy) is 2. The van der Waals surface area contributed by atoms with E-state index < -0.39 is 11.8 Å². The molecule has 0 atom stereocenters. The van der Waals surface area contributed by atoms with Crippen LogP contribution in [0.1, 0.15) is 45.4 Å². The van der Waals surface area contributed by atoms with Gasteiger partial charge >= 0.3 is 0 Å². The van der Waals surface area contributed by atoms with Gasteiger partial charge in [-0.1, -0.05) is 0 Å². The van der Waals surface area contributed by atoms with E-state index in [9.17, 15) is 14.0 Å². The summed E-state index contributed by atoms with van der Waals surface area (Å²) in [5.74, 6) is -0.423. The first kappa shape index (κ1) is 21.4. The number of hydrazine groups is 1. The van der Waals surface area contributed by atoms with Crippen molar-refractivity contribution in [1.29, 1.82) is 0 Å². The number of aromatic nitrogens is 2. The monoisotopic (exact) mass is 438 g/mol. The highest BCUT2D eigenvalue weighted by molar-refractivity contribution is 5.99. The number of methoxy groups -OCH3 is 1. The topological polar surface area (TPSA) is 94.5 Å². The van der Waals surface area contributed by atoms with Crippen molar-refractivity contribution in [2.45, 2.75) is 26.2 Å². The number of hydrogen-bond acceptors (Lipinski definition) is 5. The minimum Gasteiger partial charge on any atom is -0.493 e. The second kappa shape index (κ2) is 9.09. The fourth-order valence-corrected chi connectivity index (χ4v) is 3.74. The fourth-order valence-electron chi connectivity index (χ4n) is 3.74. The standard InChI is InChI=1S/C23H23FN4O4/c1-3-32-19-12-7-14(13-20(19)31-2)22(29)25-26-23(30)21-17-5-4-6-18(17)28(27-21)16-10-8-15(24)9-11-16/h7-13H,3-6H2,1-2H3,(H,25,29)(H,26,30). The Hall–Kier alpha value is -3.88. The van der Waals surface area contributed by atoms with Crippen LogP contribution in [0.5, 0.6) is 11.5 Å². The minimum atomic E-state index is -0.518. The van der Waals surface area contributed by atoms with Gasteiger partial charge in [0.25, 0.3) is 11.8 Å². The Labute approximate surface area is 184 Å². The summed E-state index contributed by atoms with van der Waals surface area (Å²) in [7, 11) is 1.49. The number of rotatable bonds is 6. The lowest BCUT2D eigenvalue weighted by Gasteiger charge is -2.11. The molecule has 0 bridgehead atoms. The summed E-state index contributed by atoms with van der Waals surface area (Å²) >= 11 is 0. The maximum atomic E-state index is 13.3. The summed E-state index contributed by atoms with van der Waals surface area (Å²) in [5.41, 5.74) is 7.82. The quantitative estimate of drug-likeness (QED) is 0.577. The van der Waals surface area contributed by atoms with E-state index in [1.165, 1.54) is 25.3 Å². The van der Waals surface area contributed by atoms with Crippen LogP contribution >= 0.6 is 0 Å². The van der Waals surface area contributed by atoms with Crippen LogP contribution in [-0.2, 0) is 12.8 Å². The highest BCUT2D eigenvalue weighted by Gasteiger charge is 2.27. The van der Waals surface area contributed by atoms with Gasteiger partial charge < -0.3 is 9.47 Å². The van der Waals surface area contributed by atoms with E-state index in [1.54, 1.807) is 28.9 Å². The van der Waals surface area contributed by atoms with Gasteiger partial charge in [-0.3, -0.25) is 20.4 Å². The van der Waals surface area contributed by atoms with Crippen LogP contribution in [-0.4, -0.2) is 35.3 Å². The number of fused-ring (bicyclic) bond motifs is 1. The van der Waals surface area contributed by atoms with Crippen LogP contribution in [0, 0.1) is 5.82 Å². The van der Waals surface area contributed by atoms with E-state index in [0.717, 1.165) is 24.1 Å². The number of hydrogen-bond donors (Lipinski definition) is 2. The molecule has 2 N–H and O–H groups in total. The number of carbonyl (C=O) groups excluding carboxylic acids is 2. The first-order valence-corrected chi connectivity index (χ1v) is 10.3. The third-order valence-electron chi connectivity index (χ3n) is 5.23. The molecule has 1 aliphatic rings. The Kier molecular flexibility index (Phi) is 6.07. The van der Waals surface area contributed by atoms with E-state index in [2.05, 4.69) is 16.0 Å². The van der Waals surface area contributed by atoms with Gasteiger partial charge in [-0.25, -0.2) is 9.07 Å². The Bertz CT molecular complexity index is 1160. The maximum Gasteiger partial charge on any atom is 0.290 e. The molecule has 0 saturated heterocycles. The van der Waals surface area contributed by atoms with Gasteiger partial charge in [0.15, 0.2) is 17.2 Å². The Balaban J connectivity index is 1.50. The SMILES string of the molecule is CCOc1ccc(C(=O)NNC(=O)c2nn(-c3ccc(F)cc3)c3c2CCC3)cc1OC. The summed E-state index contributed by atoms with van der Waals surface area (Å²) in [6.45, 7) is 2.32. The zero-order chi connectivity index (χ0) is 22.7. The molecular formula is C23H23FN4O4. The fraction of sp³-hybridized carbons (Fsp3) is 0.261. The Morgan fingerprint density at radius 2 is 1.81 bits per heavy atom. The molecule has 3 aromatic rings. The van der Waals surface area contributed by atoms with Gasteiger partial charge in [0.05, 0.1) is 19.4 Å². The first-order valence-electron chi connectivity index (χ1n) is 10.3. The lowest BCUT2D eigenvalue weighted by Crippen LogP contribution is -2.42. The molecule has 9 heteroatoms. The van der Waals surface area contributed by atoms with Crippen LogP contribution in [0.25, 0.3) is 5.69 Å². The lowest BCUT2D eigenvalue weighted by molar-refractivity contribution is 0.0843. The number of halogens is 1. The van der Waals surface area contributed by atoms with Crippen molar-refractivity contribution in [2.24, 2.45) is 0 Å². The van der Waals surface area contributed by atoms with Gasteiger partial charge in [-0.05, 0) is 68.7 Å². The molecule has 1 aliphatic carbocycles. The van der Waals surface area contributed by atoms with Crippen molar-refractivity contribution in [1.82, 2.24) is 20.6 Å². The van der Waals surface area contributed by atoms with Gasteiger partial charge in [-0.15, -0.1) is 0 Å². The highest BCUT2D eigenvalue weighted by atomic mass is 19.1. The second-order valence-electron chi connectivity index (χ2n) is 7.22. The minimum absolute atomic E-state index is 0.242. The normalized spacial score (nSPS) is 12.2. The zero-order valence-electron chi connectivity index (χ0n) is 17.8. The number of benzene rings is 2. The summed E-state index contributed by atoms with van der Waals surface area (Å²) in [6, 6.07) is 10.7. The lowest BCUT2D eigenvalue weighted by atomic mass is 10.2. The molecule has 0 saturated carbocycles. The number of nitrogens with one attached hydrogen (secondary N) is 2. The molecule has 2 amide bonds. The molecule has 1 heterocycles. The first-order chi connectivity index (χ1) is 15.5. The van der Waals surface area contributed by atoms with Crippen LogP contribution < -0.4 is 20.3 Å². The number of carbonyl (C=O) groups is 2. The largest absolute Gasteiger partial charge is 0.493 e. The van der Waals surface area contributed by atoms with Gasteiger partial charge in [0.1, 0.15) is 5.82 Å². The average Bonchev–Trinajstić information content (AvgIpc) is 3.41. The van der Waals surface area contributed by atoms with E-state index in [4.69, 9.17) is 9.47 Å². The molecule has 1 aromatic heterocycles. The molecule has 32 heavy (non-hydrogen) atoms. The van der Waals surface area contributed by atoms with Crippen LogP contribution in [0.4, 0.5) is 4.39 Å². The summed E-state index contributed by atoms with van der Waals surface area (Å²) < 4.78 is 25.7. The zero-order valence-corrected chi connectivity index (χ0v) is 17.8. The van der Waals surface area contributed by atoms with Crippen LogP contribution in [0.3, 0.4) is 0 Å². The third-order valence-corrected chi connectivity index (χ3v) is 5.23. The van der Waals surface area contributed by atoms with Crippen molar-refractivity contribution in [3.8, 4) is 17.2 Å². The molecule has 166 valence electrons. The number of amides is 2. The van der Waals surface area contributed by atoms with E-state index in [0.29, 0.717) is 35.8 Å². The van der Waals surface area contributed by atoms with Crippen molar-refractivity contribution < 1.29 is 23.5 Å². The van der Waals surface area contributed by atoms with Crippen LogP contribution in [0.2, 0.25) is 0 Å². The molecule has 0 spiro atoms. The van der Waals surface area contributed by atoms with E-state index in [-0.39, 0.29) is 11.5 Å². The number of nitrogens with zero attached hydrogens (tertiary/aromatic N) is 2. The van der Waals surface area contributed by atoms with Crippen molar-refractivity contribution in [3.05, 3.63) is 70.8 Å². The molecule has 2 aromatic carbocycles. The molecule has 0 aliphatic heterocycles. The molecule has 4 rings (SSSR count). The molecule has 0 fully saturated rings. The van der Waals surface area contributed by atoms with Crippen molar-refractivity contribution in [2.75, 3.05) is 13.7 Å². The van der Waals surface area contributed by atoms with Crippen molar-refractivity contribution in [3.63, 3.8) is 0 Å². The predicted octanol–water partition coefficient (Wildman–Crippen LogP) is 2.98. The van der Waals surface area contributed by atoms with Gasteiger partial charge in [-0.2, -0.15) is 5.10 Å². The highest BCUT2D eigenvalue weighted by Crippen LogP contribution is 2.29. The molecular weight excluding hydrogens is 415 g/mol. The Morgan fingerprint density at radius 3 is 2.53 bits per heavy atom. The van der Waals surface area contributed by atoms with Crippen LogP contribution in [0.15, 0.2) is 42.5 Å². The molecule has 0 unspecified atom stereocenters.